The van der Waals surface area contributed by atoms with Gasteiger partial charge in [0.25, 0.3) is 17.7 Å². The Kier molecular flexibility index (Phi) is 6.50. The van der Waals surface area contributed by atoms with E-state index < -0.39 is 11.8 Å². The topological polar surface area (TPSA) is 119 Å². The van der Waals surface area contributed by atoms with E-state index in [2.05, 4.69) is 10.6 Å². The van der Waals surface area contributed by atoms with Crippen molar-refractivity contribution in [3.8, 4) is 6.07 Å². The number of para-hydroxylation sites is 1. The molecule has 4 rings (SSSR count). The van der Waals surface area contributed by atoms with E-state index in [4.69, 9.17) is 5.26 Å². The molecule has 33 heavy (non-hydrogen) atoms. The summed E-state index contributed by atoms with van der Waals surface area (Å²) in [6.07, 6.45) is 4.52. The second-order valence-corrected chi connectivity index (χ2v) is 8.26. The molecule has 0 atom stereocenters. The Balaban J connectivity index is 1.50. The normalized spacial score (nSPS) is 15.7. The Morgan fingerprint density at radius 3 is 2.48 bits per heavy atom. The molecule has 0 saturated heterocycles. The number of nitrogens with zero attached hydrogens (tertiary/aromatic N) is 2. The lowest BCUT2D eigenvalue weighted by Crippen LogP contribution is -2.40. The van der Waals surface area contributed by atoms with Crippen molar-refractivity contribution in [2.24, 2.45) is 0 Å². The van der Waals surface area contributed by atoms with Crippen molar-refractivity contribution in [1.29, 1.82) is 5.26 Å². The van der Waals surface area contributed by atoms with Gasteiger partial charge >= 0.3 is 0 Å². The van der Waals surface area contributed by atoms with Crippen LogP contribution in [-0.4, -0.2) is 34.6 Å². The number of hydrogen-bond donors (Lipinski definition) is 2. The van der Waals surface area contributed by atoms with E-state index in [1.165, 1.54) is 11.0 Å². The summed E-state index contributed by atoms with van der Waals surface area (Å²) in [5.41, 5.74) is 2.04. The molecule has 0 radical (unpaired) electrons. The summed E-state index contributed by atoms with van der Waals surface area (Å²) in [5.74, 6) is -1.45. The second kappa shape index (κ2) is 9.65. The minimum atomic E-state index is -0.426. The van der Waals surface area contributed by atoms with Crippen LogP contribution in [-0.2, 0) is 11.3 Å². The van der Waals surface area contributed by atoms with Gasteiger partial charge in [-0.2, -0.15) is 5.26 Å². The van der Waals surface area contributed by atoms with Gasteiger partial charge in [-0.3, -0.25) is 24.1 Å². The van der Waals surface area contributed by atoms with Crippen molar-refractivity contribution >= 4 is 29.3 Å². The summed E-state index contributed by atoms with van der Waals surface area (Å²) in [6.45, 7) is 0.157. The van der Waals surface area contributed by atoms with Crippen molar-refractivity contribution in [3.63, 3.8) is 0 Å². The van der Waals surface area contributed by atoms with E-state index in [-0.39, 0.29) is 41.9 Å². The van der Waals surface area contributed by atoms with Gasteiger partial charge in [0.2, 0.25) is 5.91 Å². The molecular weight excluding hydrogens is 420 g/mol. The van der Waals surface area contributed by atoms with Gasteiger partial charge in [0, 0.05) is 23.8 Å². The van der Waals surface area contributed by atoms with Crippen molar-refractivity contribution in [2.45, 2.75) is 51.1 Å². The molecule has 2 aromatic rings. The molecule has 2 aromatic carbocycles. The minimum absolute atomic E-state index is 0.0773. The maximum absolute atomic E-state index is 13.0. The van der Waals surface area contributed by atoms with Crippen LogP contribution in [0.5, 0.6) is 0 Å². The maximum Gasteiger partial charge on any atom is 0.261 e. The number of fused-ring (bicyclic) bond motifs is 1. The zero-order chi connectivity index (χ0) is 23.4. The SMILES string of the molecule is N#CCC(=O)NCc1ccccc1NC(=O)c1ccc2c(c1)C(=O)N(C1CCCCC1)C2=O. The van der Waals surface area contributed by atoms with Gasteiger partial charge in [-0.25, -0.2) is 0 Å². The highest BCUT2D eigenvalue weighted by atomic mass is 16.2. The Hall–Kier alpha value is -3.99. The number of rotatable bonds is 6. The summed E-state index contributed by atoms with van der Waals surface area (Å²) in [4.78, 5) is 51.7. The third-order valence-corrected chi connectivity index (χ3v) is 6.10. The third kappa shape index (κ3) is 4.62. The number of hydrogen-bond acceptors (Lipinski definition) is 5. The van der Waals surface area contributed by atoms with Crippen molar-refractivity contribution in [2.75, 3.05) is 5.32 Å². The highest BCUT2D eigenvalue weighted by molar-refractivity contribution is 6.22. The monoisotopic (exact) mass is 444 g/mol. The van der Waals surface area contributed by atoms with Crippen LogP contribution in [0, 0.1) is 11.3 Å². The highest BCUT2D eigenvalue weighted by Gasteiger charge is 2.40. The summed E-state index contributed by atoms with van der Waals surface area (Å²) in [7, 11) is 0. The number of nitrogens with one attached hydrogen (secondary N) is 2. The Bertz CT molecular complexity index is 1160. The average Bonchev–Trinajstić information content (AvgIpc) is 3.08. The second-order valence-electron chi connectivity index (χ2n) is 8.26. The van der Waals surface area contributed by atoms with Crippen molar-refractivity contribution in [3.05, 3.63) is 64.7 Å². The first-order valence-electron chi connectivity index (χ1n) is 11.0. The lowest BCUT2D eigenvalue weighted by Gasteiger charge is -2.29. The molecule has 1 saturated carbocycles. The molecule has 1 aliphatic carbocycles. The number of carbonyl (C=O) groups is 4. The van der Waals surface area contributed by atoms with Gasteiger partial charge in [-0.05, 0) is 42.7 Å². The Labute approximate surface area is 191 Å². The number of imide groups is 1. The van der Waals surface area contributed by atoms with Gasteiger partial charge in [0.1, 0.15) is 6.42 Å². The van der Waals surface area contributed by atoms with Crippen LogP contribution in [0.25, 0.3) is 0 Å². The number of anilines is 1. The van der Waals surface area contributed by atoms with Gasteiger partial charge in [-0.15, -0.1) is 0 Å². The fourth-order valence-electron chi connectivity index (χ4n) is 4.39. The van der Waals surface area contributed by atoms with E-state index >= 15 is 0 Å². The van der Waals surface area contributed by atoms with E-state index in [9.17, 15) is 19.2 Å². The highest BCUT2D eigenvalue weighted by Crippen LogP contribution is 2.31. The fraction of sp³-hybridized carbons (Fsp3) is 0.320. The molecule has 8 nitrogen and oxygen atoms in total. The predicted octanol–water partition coefficient (Wildman–Crippen LogP) is 3.40. The third-order valence-electron chi connectivity index (χ3n) is 6.10. The average molecular weight is 444 g/mol. The first-order chi connectivity index (χ1) is 16.0. The lowest BCUT2D eigenvalue weighted by atomic mass is 9.94. The first-order valence-corrected chi connectivity index (χ1v) is 11.0. The molecule has 8 heteroatoms. The summed E-state index contributed by atoms with van der Waals surface area (Å²) in [5, 5.41) is 14.1. The van der Waals surface area contributed by atoms with Crippen LogP contribution < -0.4 is 10.6 Å². The molecule has 1 heterocycles. The Morgan fingerprint density at radius 2 is 1.73 bits per heavy atom. The van der Waals surface area contributed by atoms with Gasteiger partial charge in [0.15, 0.2) is 0 Å². The van der Waals surface area contributed by atoms with E-state index in [1.807, 2.05) is 0 Å². The molecular formula is C25H24N4O4. The molecule has 168 valence electrons. The van der Waals surface area contributed by atoms with Crippen LogP contribution in [0.4, 0.5) is 5.69 Å². The standard InChI is InChI=1S/C25H24N4O4/c26-13-12-22(30)27-15-17-6-4-5-9-21(17)28-23(31)16-10-11-19-20(14-16)25(33)29(24(19)32)18-7-2-1-3-8-18/h4-6,9-11,14,18H,1-3,7-8,12,15H2,(H,27,30)(H,28,31). The van der Waals surface area contributed by atoms with E-state index in [1.54, 1.807) is 42.5 Å². The summed E-state index contributed by atoms with van der Waals surface area (Å²) in [6, 6.07) is 13.3. The fourth-order valence-corrected chi connectivity index (χ4v) is 4.39. The minimum Gasteiger partial charge on any atom is -0.351 e. The van der Waals surface area contributed by atoms with Crippen LogP contribution in [0.2, 0.25) is 0 Å². The van der Waals surface area contributed by atoms with Crippen LogP contribution >= 0.6 is 0 Å². The van der Waals surface area contributed by atoms with Gasteiger partial charge in [0.05, 0.1) is 17.2 Å². The number of amides is 4. The molecule has 4 amide bonds. The molecule has 1 aliphatic heterocycles. The molecule has 0 bridgehead atoms. The molecule has 0 unspecified atom stereocenters. The molecule has 2 N–H and O–H groups in total. The predicted molar refractivity (Wildman–Crippen MR) is 120 cm³/mol. The smallest absolute Gasteiger partial charge is 0.261 e. The summed E-state index contributed by atoms with van der Waals surface area (Å²) < 4.78 is 0. The van der Waals surface area contributed by atoms with Crippen LogP contribution in [0.3, 0.4) is 0 Å². The number of nitriles is 1. The van der Waals surface area contributed by atoms with Crippen molar-refractivity contribution in [1.82, 2.24) is 10.2 Å². The van der Waals surface area contributed by atoms with Crippen molar-refractivity contribution < 1.29 is 19.2 Å². The van der Waals surface area contributed by atoms with E-state index in [0.29, 0.717) is 16.8 Å². The molecule has 2 aliphatic rings. The zero-order valence-corrected chi connectivity index (χ0v) is 18.1. The molecule has 1 fully saturated rings. The van der Waals surface area contributed by atoms with Gasteiger partial charge in [-0.1, -0.05) is 37.5 Å². The quantitative estimate of drug-likeness (QED) is 0.662. The van der Waals surface area contributed by atoms with Crippen LogP contribution in [0.15, 0.2) is 42.5 Å². The maximum atomic E-state index is 13.0. The lowest BCUT2D eigenvalue weighted by molar-refractivity contribution is -0.120. The molecule has 0 spiro atoms. The van der Waals surface area contributed by atoms with E-state index in [0.717, 1.165) is 32.1 Å². The first kappa shape index (κ1) is 22.2. The largest absolute Gasteiger partial charge is 0.351 e. The summed E-state index contributed by atoms with van der Waals surface area (Å²) >= 11 is 0. The number of carbonyl (C=O) groups excluding carboxylic acids is 4. The Morgan fingerprint density at radius 1 is 1.00 bits per heavy atom. The van der Waals surface area contributed by atoms with Crippen LogP contribution in [0.1, 0.15) is 75.2 Å². The number of benzene rings is 2. The van der Waals surface area contributed by atoms with Gasteiger partial charge < -0.3 is 10.6 Å². The molecule has 0 aromatic heterocycles. The zero-order valence-electron chi connectivity index (χ0n) is 18.1.